The summed E-state index contributed by atoms with van der Waals surface area (Å²) in [4.78, 5) is 5.93. The molecule has 2 aromatic rings. The Morgan fingerprint density at radius 1 is 1.21 bits per heavy atom. The molecule has 1 aromatic heterocycles. The number of hydrogen-bond donors (Lipinski definition) is 1. The summed E-state index contributed by atoms with van der Waals surface area (Å²) in [5.41, 5.74) is 8.29. The molecule has 0 spiro atoms. The Hall–Kier alpha value is -1.59. The molecule has 24 heavy (non-hydrogen) atoms. The average Bonchev–Trinajstić information content (AvgIpc) is 2.89. The molecule has 1 aromatic carbocycles. The highest BCUT2D eigenvalue weighted by atomic mass is 32.1. The van der Waals surface area contributed by atoms with Crippen LogP contribution in [-0.4, -0.2) is 25.2 Å². The molecule has 5 heteroatoms. The summed E-state index contributed by atoms with van der Waals surface area (Å²) >= 11 is 1.74. The van der Waals surface area contributed by atoms with Crippen LogP contribution in [0.2, 0.25) is 0 Å². The van der Waals surface area contributed by atoms with E-state index in [1.165, 1.54) is 10.4 Å². The van der Waals surface area contributed by atoms with Crippen molar-refractivity contribution < 1.29 is 9.47 Å². The van der Waals surface area contributed by atoms with Crippen molar-refractivity contribution in [1.29, 1.82) is 0 Å². The summed E-state index contributed by atoms with van der Waals surface area (Å²) in [5, 5.41) is 1.12. The van der Waals surface area contributed by atoms with Crippen molar-refractivity contribution in [2.45, 2.75) is 40.0 Å². The van der Waals surface area contributed by atoms with Crippen LogP contribution in [0.4, 0.5) is 0 Å². The highest BCUT2D eigenvalue weighted by Gasteiger charge is 2.17. The van der Waals surface area contributed by atoms with Gasteiger partial charge in [0.25, 0.3) is 0 Å². The van der Waals surface area contributed by atoms with E-state index < -0.39 is 0 Å². The Morgan fingerprint density at radius 3 is 2.50 bits per heavy atom. The minimum Gasteiger partial charge on any atom is -0.493 e. The monoisotopic (exact) mass is 348 g/mol. The van der Waals surface area contributed by atoms with Crippen LogP contribution in [0.1, 0.15) is 40.9 Å². The predicted molar refractivity (Wildman–Crippen MR) is 100 cm³/mol. The maximum atomic E-state index is 6.00. The number of thiazole rings is 1. The minimum atomic E-state index is 0.231. The molecule has 0 amide bonds. The fourth-order valence-corrected chi connectivity index (χ4v) is 3.48. The van der Waals surface area contributed by atoms with Crippen molar-refractivity contribution in [2.24, 2.45) is 11.7 Å². The molecule has 0 fully saturated rings. The first-order chi connectivity index (χ1) is 11.4. The Labute approximate surface area is 149 Å². The maximum absolute atomic E-state index is 6.00. The summed E-state index contributed by atoms with van der Waals surface area (Å²) < 4.78 is 11.3. The largest absolute Gasteiger partial charge is 0.493 e. The van der Waals surface area contributed by atoms with Crippen LogP contribution in [0.15, 0.2) is 18.2 Å². The maximum Gasteiger partial charge on any atom is 0.161 e. The van der Waals surface area contributed by atoms with E-state index in [9.17, 15) is 0 Å². The number of hydrogen-bond acceptors (Lipinski definition) is 5. The van der Waals surface area contributed by atoms with Gasteiger partial charge in [-0.2, -0.15) is 0 Å². The van der Waals surface area contributed by atoms with Crippen LogP contribution >= 0.6 is 11.3 Å². The van der Waals surface area contributed by atoms with Crippen molar-refractivity contribution in [3.63, 3.8) is 0 Å². The van der Waals surface area contributed by atoms with Gasteiger partial charge in [-0.25, -0.2) is 4.98 Å². The van der Waals surface area contributed by atoms with Gasteiger partial charge in [-0.05, 0) is 43.9 Å². The summed E-state index contributed by atoms with van der Waals surface area (Å²) in [6, 6.07) is 6.13. The van der Waals surface area contributed by atoms with Gasteiger partial charge in [-0.3, -0.25) is 0 Å². The second-order valence-corrected chi connectivity index (χ2v) is 7.76. The second-order valence-electron chi connectivity index (χ2n) is 6.52. The number of ether oxygens (including phenoxy) is 2. The smallest absolute Gasteiger partial charge is 0.161 e. The lowest BCUT2D eigenvalue weighted by Crippen LogP contribution is -2.15. The first kappa shape index (κ1) is 18.7. The fourth-order valence-electron chi connectivity index (χ4n) is 2.44. The molecule has 0 saturated carbocycles. The SMILES string of the molecule is COc1cc(CC(CN)c2nc(C)c(C)s2)ccc1OCC(C)C. The highest BCUT2D eigenvalue weighted by molar-refractivity contribution is 7.11. The van der Waals surface area contributed by atoms with Crippen LogP contribution in [-0.2, 0) is 6.42 Å². The van der Waals surface area contributed by atoms with Crippen LogP contribution in [0.3, 0.4) is 0 Å². The zero-order chi connectivity index (χ0) is 17.7. The summed E-state index contributed by atoms with van der Waals surface area (Å²) in [5.74, 6) is 2.28. The Balaban J connectivity index is 2.15. The summed E-state index contributed by atoms with van der Waals surface area (Å²) in [6.07, 6.45) is 0.851. The van der Waals surface area contributed by atoms with E-state index >= 15 is 0 Å². The lowest BCUT2D eigenvalue weighted by atomic mass is 9.99. The van der Waals surface area contributed by atoms with Crippen LogP contribution in [0, 0.1) is 19.8 Å². The molecule has 0 bridgehead atoms. The van der Waals surface area contributed by atoms with Crippen molar-refractivity contribution in [2.75, 3.05) is 20.3 Å². The second kappa shape index (κ2) is 8.49. The van der Waals surface area contributed by atoms with Crippen molar-refractivity contribution in [3.8, 4) is 11.5 Å². The number of nitrogens with zero attached hydrogens (tertiary/aromatic N) is 1. The number of benzene rings is 1. The molecule has 1 unspecified atom stereocenters. The zero-order valence-electron chi connectivity index (χ0n) is 15.3. The molecule has 0 radical (unpaired) electrons. The lowest BCUT2D eigenvalue weighted by Gasteiger charge is -2.16. The Kier molecular flexibility index (Phi) is 6.63. The van der Waals surface area contributed by atoms with Gasteiger partial charge in [0.05, 0.1) is 24.4 Å². The van der Waals surface area contributed by atoms with Gasteiger partial charge in [0.15, 0.2) is 11.5 Å². The third-order valence-corrected chi connectivity index (χ3v) is 5.20. The van der Waals surface area contributed by atoms with E-state index in [4.69, 9.17) is 15.2 Å². The molecule has 2 rings (SSSR count). The standard InChI is InChI=1S/C19H28N2O2S/c1-12(2)11-23-17-7-6-15(9-18(17)22-5)8-16(10-20)19-21-13(3)14(4)24-19/h6-7,9,12,16H,8,10-11,20H2,1-5H3. The van der Waals surface area contributed by atoms with E-state index in [0.29, 0.717) is 19.1 Å². The van der Waals surface area contributed by atoms with E-state index in [2.05, 4.69) is 31.8 Å². The van der Waals surface area contributed by atoms with Gasteiger partial charge in [0.2, 0.25) is 0 Å². The van der Waals surface area contributed by atoms with E-state index in [1.54, 1.807) is 18.4 Å². The van der Waals surface area contributed by atoms with Crippen molar-refractivity contribution in [3.05, 3.63) is 39.3 Å². The van der Waals surface area contributed by atoms with E-state index in [-0.39, 0.29) is 5.92 Å². The Bertz CT molecular complexity index is 648. The quantitative estimate of drug-likeness (QED) is 0.781. The van der Waals surface area contributed by atoms with Gasteiger partial charge in [0.1, 0.15) is 0 Å². The molecule has 0 aliphatic rings. The van der Waals surface area contributed by atoms with Crippen LogP contribution in [0.25, 0.3) is 0 Å². The molecular weight excluding hydrogens is 320 g/mol. The van der Waals surface area contributed by atoms with E-state index in [1.807, 2.05) is 19.1 Å². The van der Waals surface area contributed by atoms with Crippen molar-refractivity contribution >= 4 is 11.3 Å². The third kappa shape index (κ3) is 4.71. The van der Waals surface area contributed by atoms with Gasteiger partial charge in [-0.15, -0.1) is 11.3 Å². The van der Waals surface area contributed by atoms with Crippen LogP contribution < -0.4 is 15.2 Å². The van der Waals surface area contributed by atoms with Gasteiger partial charge < -0.3 is 15.2 Å². The van der Waals surface area contributed by atoms with Crippen molar-refractivity contribution in [1.82, 2.24) is 4.98 Å². The summed E-state index contributed by atoms with van der Waals surface area (Å²) in [7, 11) is 1.68. The first-order valence-electron chi connectivity index (χ1n) is 8.38. The molecule has 0 saturated heterocycles. The zero-order valence-corrected chi connectivity index (χ0v) is 16.1. The molecule has 132 valence electrons. The average molecular weight is 349 g/mol. The molecule has 2 N–H and O–H groups in total. The minimum absolute atomic E-state index is 0.231. The number of nitrogens with two attached hydrogens (primary N) is 1. The number of rotatable bonds is 8. The topological polar surface area (TPSA) is 57.4 Å². The Morgan fingerprint density at radius 2 is 1.96 bits per heavy atom. The van der Waals surface area contributed by atoms with Crippen LogP contribution in [0.5, 0.6) is 11.5 Å². The molecule has 1 atom stereocenters. The highest BCUT2D eigenvalue weighted by Crippen LogP contribution is 2.32. The third-order valence-electron chi connectivity index (χ3n) is 3.96. The molecule has 0 aliphatic heterocycles. The van der Waals surface area contributed by atoms with Gasteiger partial charge in [-0.1, -0.05) is 19.9 Å². The summed E-state index contributed by atoms with van der Waals surface area (Å²) in [6.45, 7) is 9.68. The predicted octanol–water partition coefficient (Wildman–Crippen LogP) is 4.09. The first-order valence-corrected chi connectivity index (χ1v) is 9.20. The number of aromatic nitrogens is 1. The normalized spacial score (nSPS) is 12.5. The molecule has 0 aliphatic carbocycles. The lowest BCUT2D eigenvalue weighted by molar-refractivity contribution is 0.256. The molecule has 4 nitrogen and oxygen atoms in total. The molecular formula is C19H28N2O2S. The number of methoxy groups -OCH3 is 1. The van der Waals surface area contributed by atoms with Gasteiger partial charge >= 0.3 is 0 Å². The molecule has 1 heterocycles. The number of aryl methyl sites for hydroxylation is 2. The van der Waals surface area contributed by atoms with Gasteiger partial charge in [0, 0.05) is 17.3 Å². The van der Waals surface area contributed by atoms with E-state index in [0.717, 1.165) is 28.6 Å². The fraction of sp³-hybridized carbons (Fsp3) is 0.526.